The van der Waals surface area contributed by atoms with Gasteiger partial charge in [-0.3, -0.25) is 14.5 Å². The molecule has 1 atom stereocenters. The summed E-state index contributed by atoms with van der Waals surface area (Å²) in [5.74, 6) is 0.791. The van der Waals surface area contributed by atoms with Crippen LogP contribution < -0.4 is 10.2 Å². The summed E-state index contributed by atoms with van der Waals surface area (Å²) in [6, 6.07) is 11.9. The van der Waals surface area contributed by atoms with Crippen molar-refractivity contribution in [2.45, 2.75) is 51.5 Å². The Morgan fingerprint density at radius 2 is 1.94 bits per heavy atom. The lowest BCUT2D eigenvalue weighted by Crippen LogP contribution is -2.46. The molecular formula is C25H33N3O3. The lowest BCUT2D eigenvalue weighted by Gasteiger charge is -2.37. The topological polar surface area (TPSA) is 65.6 Å². The summed E-state index contributed by atoms with van der Waals surface area (Å²) in [5, 5.41) is 0. The highest BCUT2D eigenvalue weighted by molar-refractivity contribution is 5.92. The number of rotatable bonds is 1. The molecule has 1 saturated heterocycles. The summed E-state index contributed by atoms with van der Waals surface area (Å²) in [5.41, 5.74) is 2.27. The number of aryl methyl sites for hydroxylation is 2. The number of H-pyrrole nitrogens is 1. The number of aromatic nitrogens is 1. The van der Waals surface area contributed by atoms with Gasteiger partial charge in [0, 0.05) is 43.5 Å². The number of hydrogen-bond donors (Lipinski definition) is 1. The van der Waals surface area contributed by atoms with Crippen molar-refractivity contribution in [2.75, 3.05) is 32.8 Å². The zero-order valence-corrected chi connectivity index (χ0v) is 18.4. The van der Waals surface area contributed by atoms with E-state index in [1.165, 1.54) is 37.0 Å². The molecule has 6 heteroatoms. The van der Waals surface area contributed by atoms with E-state index in [1.54, 1.807) is 6.92 Å². The van der Waals surface area contributed by atoms with E-state index in [4.69, 9.17) is 4.74 Å². The van der Waals surface area contributed by atoms with Crippen LogP contribution in [0.3, 0.4) is 0 Å². The third-order valence-electron chi connectivity index (χ3n) is 6.41. The van der Waals surface area contributed by atoms with Crippen LogP contribution in [0, 0.1) is 6.92 Å². The molecular weight excluding hydrogens is 390 g/mol. The van der Waals surface area contributed by atoms with Gasteiger partial charge in [0.1, 0.15) is 11.4 Å². The Morgan fingerprint density at radius 3 is 2.81 bits per heavy atom. The van der Waals surface area contributed by atoms with E-state index in [0.717, 1.165) is 38.1 Å². The van der Waals surface area contributed by atoms with Crippen molar-refractivity contribution in [3.63, 3.8) is 0 Å². The fraction of sp³-hybridized carbons (Fsp3) is 0.520. The molecule has 31 heavy (non-hydrogen) atoms. The molecule has 6 nitrogen and oxygen atoms in total. The van der Waals surface area contributed by atoms with Crippen molar-refractivity contribution in [3.8, 4) is 5.75 Å². The molecule has 0 saturated carbocycles. The minimum absolute atomic E-state index is 0.108. The van der Waals surface area contributed by atoms with Crippen LogP contribution in [0.15, 0.2) is 41.2 Å². The molecule has 4 rings (SSSR count). The van der Waals surface area contributed by atoms with Crippen LogP contribution in [-0.2, 0) is 6.42 Å². The number of pyridine rings is 1. The molecule has 2 aliphatic heterocycles. The van der Waals surface area contributed by atoms with Gasteiger partial charge < -0.3 is 14.6 Å². The van der Waals surface area contributed by atoms with Crippen molar-refractivity contribution in [1.29, 1.82) is 0 Å². The van der Waals surface area contributed by atoms with Gasteiger partial charge in [0.15, 0.2) is 5.43 Å². The molecule has 2 aromatic rings. The monoisotopic (exact) mass is 423 g/mol. The minimum atomic E-state index is -0.138. The third kappa shape index (κ3) is 5.76. The van der Waals surface area contributed by atoms with Gasteiger partial charge in [-0.1, -0.05) is 18.6 Å². The van der Waals surface area contributed by atoms with E-state index in [-0.39, 0.29) is 11.3 Å². The number of amides is 1. The number of piperidine rings is 1. The van der Waals surface area contributed by atoms with Crippen LogP contribution in [-0.4, -0.2) is 59.5 Å². The van der Waals surface area contributed by atoms with E-state index in [9.17, 15) is 9.59 Å². The van der Waals surface area contributed by atoms with Crippen LogP contribution >= 0.6 is 0 Å². The average molecular weight is 424 g/mol. The average Bonchev–Trinajstić information content (AvgIpc) is 2.76. The van der Waals surface area contributed by atoms with E-state index >= 15 is 0 Å². The Balaban J connectivity index is 1.54. The maximum Gasteiger partial charge on any atom is 0.270 e. The number of benzene rings is 1. The molecule has 0 radical (unpaired) electrons. The molecule has 1 amide bonds. The maximum atomic E-state index is 13.2. The Bertz CT molecular complexity index is 955. The summed E-state index contributed by atoms with van der Waals surface area (Å²) in [7, 11) is 0. The summed E-state index contributed by atoms with van der Waals surface area (Å²) in [6.45, 7) is 5.60. The first kappa shape index (κ1) is 21.6. The molecule has 1 aromatic carbocycles. The SMILES string of the molecule is Cc1cc(=O)cc(C(=O)N2CCCOc3cccc(c3)CCC3CCCCN3CC2)[nH]1. The highest BCUT2D eigenvalue weighted by Gasteiger charge is 2.24. The van der Waals surface area contributed by atoms with Crippen molar-refractivity contribution in [2.24, 2.45) is 0 Å². The number of carbonyl (C=O) groups is 1. The van der Waals surface area contributed by atoms with Gasteiger partial charge in [0.25, 0.3) is 5.91 Å². The smallest absolute Gasteiger partial charge is 0.270 e. The first-order valence-corrected chi connectivity index (χ1v) is 11.5. The van der Waals surface area contributed by atoms with Crippen molar-refractivity contribution < 1.29 is 9.53 Å². The zero-order chi connectivity index (χ0) is 21.6. The fourth-order valence-corrected chi connectivity index (χ4v) is 4.78. The first-order valence-electron chi connectivity index (χ1n) is 11.5. The Morgan fingerprint density at radius 1 is 1.03 bits per heavy atom. The highest BCUT2D eigenvalue weighted by Crippen LogP contribution is 2.23. The Kier molecular flexibility index (Phi) is 7.07. The number of fused-ring (bicyclic) bond motifs is 3. The molecule has 3 heterocycles. The van der Waals surface area contributed by atoms with E-state index < -0.39 is 0 Å². The quantitative estimate of drug-likeness (QED) is 0.764. The third-order valence-corrected chi connectivity index (χ3v) is 6.41. The van der Waals surface area contributed by atoms with Gasteiger partial charge in [0.05, 0.1) is 6.61 Å². The second-order valence-electron chi connectivity index (χ2n) is 8.78. The number of nitrogens with one attached hydrogen (secondary N) is 1. The van der Waals surface area contributed by atoms with Crippen molar-refractivity contribution in [3.05, 3.63) is 63.6 Å². The predicted molar refractivity (Wildman–Crippen MR) is 122 cm³/mol. The van der Waals surface area contributed by atoms with Crippen molar-refractivity contribution >= 4 is 5.91 Å². The normalized spacial score (nSPS) is 20.9. The summed E-state index contributed by atoms with van der Waals surface area (Å²) >= 11 is 0. The maximum absolute atomic E-state index is 13.2. The van der Waals surface area contributed by atoms with E-state index in [2.05, 4.69) is 28.1 Å². The fourth-order valence-electron chi connectivity index (χ4n) is 4.78. The molecule has 2 aliphatic rings. The van der Waals surface area contributed by atoms with Crippen molar-refractivity contribution in [1.82, 2.24) is 14.8 Å². The molecule has 0 aliphatic carbocycles. The lowest BCUT2D eigenvalue weighted by molar-refractivity contribution is 0.0677. The minimum Gasteiger partial charge on any atom is -0.494 e. The Labute approximate surface area is 184 Å². The van der Waals surface area contributed by atoms with Gasteiger partial charge in [-0.2, -0.15) is 0 Å². The largest absolute Gasteiger partial charge is 0.494 e. The molecule has 1 unspecified atom stereocenters. The van der Waals surface area contributed by atoms with Gasteiger partial charge in [-0.15, -0.1) is 0 Å². The van der Waals surface area contributed by atoms with Crippen LogP contribution in [0.4, 0.5) is 0 Å². The molecule has 166 valence electrons. The first-order chi connectivity index (χ1) is 15.1. The lowest BCUT2D eigenvalue weighted by atomic mass is 9.95. The summed E-state index contributed by atoms with van der Waals surface area (Å²) < 4.78 is 5.96. The number of nitrogens with zero attached hydrogens (tertiary/aromatic N) is 2. The van der Waals surface area contributed by atoms with Crippen LogP contribution in [0.25, 0.3) is 0 Å². The summed E-state index contributed by atoms with van der Waals surface area (Å²) in [6.07, 6.45) is 6.63. The van der Waals surface area contributed by atoms with Gasteiger partial charge >= 0.3 is 0 Å². The molecule has 1 aromatic heterocycles. The number of hydrogen-bond acceptors (Lipinski definition) is 4. The van der Waals surface area contributed by atoms with Crippen LogP contribution in [0.2, 0.25) is 0 Å². The second-order valence-corrected chi connectivity index (χ2v) is 8.78. The number of ether oxygens (including phenoxy) is 1. The number of carbonyl (C=O) groups excluding carboxylic acids is 1. The van der Waals surface area contributed by atoms with E-state index in [1.807, 2.05) is 11.0 Å². The van der Waals surface area contributed by atoms with E-state index in [0.29, 0.717) is 37.1 Å². The van der Waals surface area contributed by atoms with Crippen LogP contribution in [0.5, 0.6) is 5.75 Å². The number of aromatic amines is 1. The molecule has 0 spiro atoms. The van der Waals surface area contributed by atoms with Gasteiger partial charge in [-0.25, -0.2) is 0 Å². The predicted octanol–water partition coefficient (Wildman–Crippen LogP) is 3.40. The zero-order valence-electron chi connectivity index (χ0n) is 18.4. The Hall–Kier alpha value is -2.60. The molecule has 1 N–H and O–H groups in total. The summed E-state index contributed by atoms with van der Waals surface area (Å²) in [4.78, 5) is 32.7. The molecule has 1 fully saturated rings. The highest BCUT2D eigenvalue weighted by atomic mass is 16.5. The van der Waals surface area contributed by atoms with Gasteiger partial charge in [-0.05, 0) is 63.3 Å². The van der Waals surface area contributed by atoms with Crippen LogP contribution in [0.1, 0.15) is 53.8 Å². The standard InChI is InChI=1S/C25H33N3O3/c1-19-16-22(29)18-24(26-19)25(30)28-12-5-15-31-23-8-4-6-20(17-23)9-10-21-7-2-3-11-27(21)13-14-28/h4,6,8,16-18,21H,2-3,5,7,9-15H2,1H3,(H,26,29). The molecule has 2 bridgehead atoms. The second kappa shape index (κ2) is 10.1. The van der Waals surface area contributed by atoms with Gasteiger partial charge in [0.2, 0.25) is 0 Å².